The molecule has 0 aliphatic heterocycles. The number of anilines is 1. The molecule has 0 bridgehead atoms. The van der Waals surface area contributed by atoms with Crippen molar-refractivity contribution in [3.8, 4) is 5.75 Å². The van der Waals surface area contributed by atoms with E-state index < -0.39 is 28.5 Å². The minimum absolute atomic E-state index is 0.0233. The van der Waals surface area contributed by atoms with Crippen LogP contribution in [0.3, 0.4) is 0 Å². The molecule has 1 N–H and O–H groups in total. The first-order chi connectivity index (χ1) is 19.3. The fraction of sp³-hybridized carbons (Fsp3) is 0.333. The first kappa shape index (κ1) is 32.2. The highest BCUT2D eigenvalue weighted by Crippen LogP contribution is 2.29. The molecule has 3 rings (SSSR count). The zero-order valence-corrected chi connectivity index (χ0v) is 26.1. The number of methoxy groups -OCH3 is 1. The van der Waals surface area contributed by atoms with Crippen molar-refractivity contribution in [2.45, 2.75) is 45.2 Å². The summed E-state index contributed by atoms with van der Waals surface area (Å²) in [5.74, 6) is -0.274. The summed E-state index contributed by atoms with van der Waals surface area (Å²) in [5, 5.41) is 3.49. The van der Waals surface area contributed by atoms with Gasteiger partial charge in [0.05, 0.1) is 17.7 Å². The van der Waals surface area contributed by atoms with Gasteiger partial charge in [-0.15, -0.1) is 0 Å². The monoisotopic (exact) mass is 619 g/mol. The maximum absolute atomic E-state index is 14.0. The minimum Gasteiger partial charge on any atom is -0.497 e. The van der Waals surface area contributed by atoms with E-state index in [1.807, 2.05) is 20.8 Å². The normalized spacial score (nSPS) is 12.1. The highest BCUT2D eigenvalue weighted by Gasteiger charge is 2.33. The number of halogens is 2. The summed E-state index contributed by atoms with van der Waals surface area (Å²) in [6, 6.07) is 16.7. The van der Waals surface area contributed by atoms with Gasteiger partial charge in [-0.05, 0) is 68.3 Å². The summed E-state index contributed by atoms with van der Waals surface area (Å²) in [6.45, 7) is 7.09. The van der Waals surface area contributed by atoms with Crippen LogP contribution in [-0.4, -0.2) is 51.4 Å². The average Bonchev–Trinajstić information content (AvgIpc) is 2.94. The third-order valence-corrected chi connectivity index (χ3v) is 8.99. The van der Waals surface area contributed by atoms with Gasteiger partial charge >= 0.3 is 0 Å². The molecule has 0 heterocycles. The fourth-order valence-corrected chi connectivity index (χ4v) is 5.93. The van der Waals surface area contributed by atoms with E-state index in [1.54, 1.807) is 61.5 Å². The summed E-state index contributed by atoms with van der Waals surface area (Å²) in [6.07, 6.45) is 0. The molecular weight excluding hydrogens is 585 g/mol. The highest BCUT2D eigenvalue weighted by molar-refractivity contribution is 7.92. The topological polar surface area (TPSA) is 96.0 Å². The number of hydrogen-bond acceptors (Lipinski definition) is 5. The molecule has 3 aromatic carbocycles. The van der Waals surface area contributed by atoms with Gasteiger partial charge in [-0.3, -0.25) is 13.9 Å². The van der Waals surface area contributed by atoms with Crippen molar-refractivity contribution in [1.29, 1.82) is 0 Å². The van der Waals surface area contributed by atoms with Crippen LogP contribution >= 0.6 is 23.2 Å². The lowest BCUT2D eigenvalue weighted by molar-refractivity contribution is -0.139. The van der Waals surface area contributed by atoms with Crippen molar-refractivity contribution >= 4 is 50.7 Å². The zero-order chi connectivity index (χ0) is 30.3. The van der Waals surface area contributed by atoms with Crippen LogP contribution in [0, 0.1) is 12.8 Å². The van der Waals surface area contributed by atoms with Crippen LogP contribution in [-0.2, 0) is 26.2 Å². The molecule has 0 saturated carbocycles. The molecule has 11 heteroatoms. The number of benzene rings is 3. The van der Waals surface area contributed by atoms with Crippen LogP contribution < -0.4 is 14.4 Å². The Morgan fingerprint density at radius 3 is 2.05 bits per heavy atom. The molecule has 1 atom stereocenters. The molecule has 0 aliphatic rings. The average molecular weight is 621 g/mol. The third kappa shape index (κ3) is 8.15. The molecular formula is C30H35Cl2N3O5S. The second-order valence-electron chi connectivity index (χ2n) is 10.1. The Morgan fingerprint density at radius 1 is 0.927 bits per heavy atom. The predicted octanol–water partition coefficient (Wildman–Crippen LogP) is 5.70. The van der Waals surface area contributed by atoms with E-state index in [2.05, 4.69) is 5.32 Å². The largest absolute Gasteiger partial charge is 0.497 e. The Morgan fingerprint density at radius 2 is 1.51 bits per heavy atom. The Balaban J connectivity index is 2.05. The van der Waals surface area contributed by atoms with Gasteiger partial charge in [0.1, 0.15) is 18.3 Å². The van der Waals surface area contributed by atoms with Gasteiger partial charge in [-0.25, -0.2) is 8.42 Å². The number of amides is 2. The van der Waals surface area contributed by atoms with Gasteiger partial charge in [-0.2, -0.15) is 0 Å². The van der Waals surface area contributed by atoms with Crippen LogP contribution in [0.25, 0.3) is 0 Å². The Kier molecular flexibility index (Phi) is 11.1. The summed E-state index contributed by atoms with van der Waals surface area (Å²) in [5.41, 5.74) is 1.59. The lowest BCUT2D eigenvalue weighted by Gasteiger charge is -2.32. The van der Waals surface area contributed by atoms with Crippen molar-refractivity contribution < 1.29 is 22.7 Å². The molecule has 0 aromatic heterocycles. The first-order valence-corrected chi connectivity index (χ1v) is 15.3. The summed E-state index contributed by atoms with van der Waals surface area (Å²) < 4.78 is 34.1. The van der Waals surface area contributed by atoms with E-state index in [0.29, 0.717) is 27.9 Å². The SMILES string of the molecule is COc1ccc(N(CC(=O)N(Cc2c(Cl)cccc2Cl)C(C)C(=O)NCC(C)C)S(=O)(=O)c2ccc(C)cc2)cc1. The number of nitrogens with zero attached hydrogens (tertiary/aromatic N) is 2. The zero-order valence-electron chi connectivity index (χ0n) is 23.7. The predicted molar refractivity (Wildman–Crippen MR) is 163 cm³/mol. The molecule has 3 aromatic rings. The number of sulfonamides is 1. The number of aryl methyl sites for hydroxylation is 1. The van der Waals surface area contributed by atoms with Gasteiger partial charge in [0.2, 0.25) is 11.8 Å². The fourth-order valence-electron chi connectivity index (χ4n) is 4.00. The van der Waals surface area contributed by atoms with E-state index in [4.69, 9.17) is 27.9 Å². The van der Waals surface area contributed by atoms with Crippen LogP contribution in [0.1, 0.15) is 31.9 Å². The number of carbonyl (C=O) groups is 2. The molecule has 0 saturated heterocycles. The van der Waals surface area contributed by atoms with E-state index in [1.165, 1.54) is 24.1 Å². The molecule has 0 radical (unpaired) electrons. The Bertz CT molecular complexity index is 1440. The van der Waals surface area contributed by atoms with E-state index in [9.17, 15) is 18.0 Å². The quantitative estimate of drug-likeness (QED) is 0.281. The van der Waals surface area contributed by atoms with E-state index in [-0.39, 0.29) is 29.0 Å². The van der Waals surface area contributed by atoms with Crippen molar-refractivity contribution in [1.82, 2.24) is 10.2 Å². The summed E-state index contributed by atoms with van der Waals surface area (Å²) in [4.78, 5) is 28.5. The first-order valence-electron chi connectivity index (χ1n) is 13.1. The molecule has 41 heavy (non-hydrogen) atoms. The van der Waals surface area contributed by atoms with Gasteiger partial charge < -0.3 is 15.0 Å². The number of hydrogen-bond donors (Lipinski definition) is 1. The molecule has 2 amide bonds. The molecule has 220 valence electrons. The molecule has 8 nitrogen and oxygen atoms in total. The van der Waals surface area contributed by atoms with Gasteiger partial charge in [0.25, 0.3) is 10.0 Å². The summed E-state index contributed by atoms with van der Waals surface area (Å²) >= 11 is 12.8. The van der Waals surface area contributed by atoms with Crippen molar-refractivity contribution in [3.63, 3.8) is 0 Å². The molecule has 0 spiro atoms. The second kappa shape index (κ2) is 14.1. The second-order valence-corrected chi connectivity index (χ2v) is 12.7. The van der Waals surface area contributed by atoms with Crippen LogP contribution in [0.5, 0.6) is 5.75 Å². The van der Waals surface area contributed by atoms with Crippen LogP contribution in [0.2, 0.25) is 10.0 Å². The number of ether oxygens (including phenoxy) is 1. The molecule has 1 unspecified atom stereocenters. The van der Waals surface area contributed by atoms with Crippen molar-refractivity contribution in [3.05, 3.63) is 87.9 Å². The Hall–Kier alpha value is -3.27. The maximum atomic E-state index is 14.0. The highest BCUT2D eigenvalue weighted by atomic mass is 35.5. The third-order valence-electron chi connectivity index (χ3n) is 6.49. The van der Waals surface area contributed by atoms with Gasteiger partial charge in [0, 0.05) is 28.7 Å². The smallest absolute Gasteiger partial charge is 0.264 e. The van der Waals surface area contributed by atoms with Gasteiger partial charge in [0.15, 0.2) is 0 Å². The van der Waals surface area contributed by atoms with Crippen molar-refractivity contribution in [2.24, 2.45) is 5.92 Å². The number of carbonyl (C=O) groups excluding carboxylic acids is 2. The maximum Gasteiger partial charge on any atom is 0.264 e. The lowest BCUT2D eigenvalue weighted by Crippen LogP contribution is -2.51. The number of rotatable bonds is 12. The lowest BCUT2D eigenvalue weighted by atomic mass is 10.1. The number of nitrogens with one attached hydrogen (secondary N) is 1. The van der Waals surface area contributed by atoms with E-state index in [0.717, 1.165) is 9.87 Å². The standard InChI is InChI=1S/C30H35Cl2N3O5S/c1-20(2)17-33-30(37)22(4)34(18-26-27(31)7-6-8-28(26)32)29(36)19-35(23-11-13-24(40-5)14-12-23)41(38,39)25-15-9-21(3)10-16-25/h6-16,20,22H,17-19H2,1-5H3,(H,33,37). The minimum atomic E-state index is -4.18. The van der Waals surface area contributed by atoms with E-state index >= 15 is 0 Å². The Labute approximate surface area is 252 Å². The summed E-state index contributed by atoms with van der Waals surface area (Å²) in [7, 11) is -2.68. The van der Waals surface area contributed by atoms with Crippen LogP contribution in [0.4, 0.5) is 5.69 Å². The van der Waals surface area contributed by atoms with Crippen LogP contribution in [0.15, 0.2) is 71.6 Å². The van der Waals surface area contributed by atoms with Crippen molar-refractivity contribution in [2.75, 3.05) is 24.5 Å². The molecule has 0 fully saturated rings. The molecule has 0 aliphatic carbocycles. The van der Waals surface area contributed by atoms with Gasteiger partial charge in [-0.1, -0.05) is 60.8 Å².